The van der Waals surface area contributed by atoms with Crippen LogP contribution in [0.4, 0.5) is 0 Å². The Balaban J connectivity index is 1.90. The lowest BCUT2D eigenvalue weighted by Gasteiger charge is -2.31. The molecular formula is C20H20N2O3. The molecule has 1 aliphatic heterocycles. The second-order valence-corrected chi connectivity index (χ2v) is 6.18. The lowest BCUT2D eigenvalue weighted by molar-refractivity contribution is -0.143. The Bertz CT molecular complexity index is 932. The summed E-state index contributed by atoms with van der Waals surface area (Å²) in [5.41, 5.74) is 4.29. The van der Waals surface area contributed by atoms with Crippen LogP contribution in [0.1, 0.15) is 22.9 Å². The Kier molecular flexibility index (Phi) is 3.93. The summed E-state index contributed by atoms with van der Waals surface area (Å²) >= 11 is 0. The average molecular weight is 336 g/mol. The molecule has 0 amide bonds. The highest BCUT2D eigenvalue weighted by Crippen LogP contribution is 2.38. The minimum atomic E-state index is -0.397. The lowest BCUT2D eigenvalue weighted by Crippen LogP contribution is -2.45. The average Bonchev–Trinajstić information content (AvgIpc) is 3.05. The largest absolute Gasteiger partial charge is 0.496 e. The molecule has 4 rings (SSSR count). The van der Waals surface area contributed by atoms with Gasteiger partial charge in [0.1, 0.15) is 11.8 Å². The van der Waals surface area contributed by atoms with Gasteiger partial charge in [0, 0.05) is 28.6 Å². The van der Waals surface area contributed by atoms with E-state index in [2.05, 4.69) is 22.4 Å². The van der Waals surface area contributed by atoms with Crippen LogP contribution in [0.3, 0.4) is 0 Å². The topological polar surface area (TPSA) is 63.4 Å². The lowest BCUT2D eigenvalue weighted by atomic mass is 9.90. The number of carbonyl (C=O) groups is 1. The molecular weight excluding hydrogens is 316 g/mol. The van der Waals surface area contributed by atoms with Crippen molar-refractivity contribution in [2.24, 2.45) is 0 Å². The molecule has 128 valence electrons. The summed E-state index contributed by atoms with van der Waals surface area (Å²) in [5, 5.41) is 4.57. The number of benzene rings is 2. The molecule has 2 N–H and O–H groups in total. The number of esters is 1. The van der Waals surface area contributed by atoms with E-state index in [0.29, 0.717) is 6.42 Å². The van der Waals surface area contributed by atoms with Gasteiger partial charge >= 0.3 is 5.97 Å². The van der Waals surface area contributed by atoms with Gasteiger partial charge in [0.05, 0.1) is 20.3 Å². The van der Waals surface area contributed by atoms with Gasteiger partial charge in [-0.15, -0.1) is 0 Å². The fraction of sp³-hybridized carbons (Fsp3) is 0.250. The highest BCUT2D eigenvalue weighted by atomic mass is 16.5. The van der Waals surface area contributed by atoms with Gasteiger partial charge in [-0.3, -0.25) is 10.1 Å². The van der Waals surface area contributed by atoms with Crippen molar-refractivity contribution in [2.75, 3.05) is 14.2 Å². The van der Waals surface area contributed by atoms with Gasteiger partial charge in [-0.25, -0.2) is 0 Å². The Morgan fingerprint density at radius 1 is 1.08 bits per heavy atom. The first-order valence-corrected chi connectivity index (χ1v) is 8.29. The number of hydrogen-bond acceptors (Lipinski definition) is 4. The van der Waals surface area contributed by atoms with Crippen molar-refractivity contribution in [3.8, 4) is 5.75 Å². The van der Waals surface area contributed by atoms with Crippen molar-refractivity contribution in [3.63, 3.8) is 0 Å². The number of carbonyl (C=O) groups excluding carboxylic acids is 1. The van der Waals surface area contributed by atoms with E-state index in [1.807, 2.05) is 36.4 Å². The van der Waals surface area contributed by atoms with Crippen molar-refractivity contribution in [1.82, 2.24) is 10.3 Å². The van der Waals surface area contributed by atoms with E-state index in [1.165, 1.54) is 7.11 Å². The van der Waals surface area contributed by atoms with Crippen molar-refractivity contribution in [1.29, 1.82) is 0 Å². The molecule has 0 saturated heterocycles. The molecule has 2 atom stereocenters. The van der Waals surface area contributed by atoms with Crippen molar-refractivity contribution in [3.05, 3.63) is 65.4 Å². The van der Waals surface area contributed by atoms with Gasteiger partial charge in [-0.1, -0.05) is 36.4 Å². The van der Waals surface area contributed by atoms with E-state index in [4.69, 9.17) is 9.47 Å². The molecule has 1 aromatic heterocycles. The number of nitrogens with one attached hydrogen (secondary N) is 2. The predicted octanol–water partition coefficient (Wildman–Crippen LogP) is 2.95. The molecule has 1 aliphatic rings. The molecule has 0 aliphatic carbocycles. The normalized spacial score (nSPS) is 19.4. The minimum Gasteiger partial charge on any atom is -0.496 e. The first-order chi connectivity index (χ1) is 12.2. The summed E-state index contributed by atoms with van der Waals surface area (Å²) in [6.07, 6.45) is 0.595. The Morgan fingerprint density at radius 3 is 2.64 bits per heavy atom. The summed E-state index contributed by atoms with van der Waals surface area (Å²) in [6.45, 7) is 0. The zero-order chi connectivity index (χ0) is 17.4. The molecule has 0 spiro atoms. The zero-order valence-corrected chi connectivity index (χ0v) is 14.2. The number of rotatable bonds is 3. The van der Waals surface area contributed by atoms with E-state index in [0.717, 1.165) is 33.5 Å². The van der Waals surface area contributed by atoms with Crippen LogP contribution in [-0.4, -0.2) is 31.2 Å². The standard InChI is InChI=1S/C20H20N2O3/c1-24-17-10-6-4-8-13(17)18-19-14(11-16(22-18)20(23)25-2)12-7-3-5-9-15(12)21-19/h3-10,16,18,21-22H,11H2,1-2H3. The third-order valence-corrected chi connectivity index (χ3v) is 4.85. The maximum Gasteiger partial charge on any atom is 0.323 e. The summed E-state index contributed by atoms with van der Waals surface area (Å²) in [7, 11) is 3.08. The van der Waals surface area contributed by atoms with Crippen LogP contribution in [0.25, 0.3) is 10.9 Å². The number of aromatic nitrogens is 1. The molecule has 0 radical (unpaired) electrons. The van der Waals surface area contributed by atoms with E-state index >= 15 is 0 Å². The quantitative estimate of drug-likeness (QED) is 0.722. The number of methoxy groups -OCH3 is 2. The first kappa shape index (κ1) is 15.7. The molecule has 5 heteroatoms. The fourth-order valence-corrected chi connectivity index (χ4v) is 3.68. The van der Waals surface area contributed by atoms with E-state index in [1.54, 1.807) is 7.11 Å². The minimum absolute atomic E-state index is 0.170. The third-order valence-electron chi connectivity index (χ3n) is 4.85. The van der Waals surface area contributed by atoms with Crippen LogP contribution >= 0.6 is 0 Å². The smallest absolute Gasteiger partial charge is 0.323 e. The van der Waals surface area contributed by atoms with E-state index in [-0.39, 0.29) is 12.0 Å². The van der Waals surface area contributed by atoms with Gasteiger partial charge in [0.25, 0.3) is 0 Å². The molecule has 0 saturated carbocycles. The molecule has 5 nitrogen and oxygen atoms in total. The second-order valence-electron chi connectivity index (χ2n) is 6.18. The number of H-pyrrole nitrogens is 1. The fourth-order valence-electron chi connectivity index (χ4n) is 3.68. The molecule has 25 heavy (non-hydrogen) atoms. The van der Waals surface area contributed by atoms with Crippen molar-refractivity contribution in [2.45, 2.75) is 18.5 Å². The number of para-hydroxylation sites is 2. The maximum atomic E-state index is 12.2. The molecule has 2 heterocycles. The van der Waals surface area contributed by atoms with Crippen LogP contribution in [0, 0.1) is 0 Å². The highest BCUT2D eigenvalue weighted by molar-refractivity contribution is 5.87. The molecule has 2 aromatic carbocycles. The Labute approximate surface area is 146 Å². The van der Waals surface area contributed by atoms with Crippen LogP contribution < -0.4 is 10.1 Å². The third kappa shape index (κ3) is 2.57. The second kappa shape index (κ2) is 6.26. The summed E-state index contributed by atoms with van der Waals surface area (Å²) in [6, 6.07) is 15.5. The molecule has 3 aromatic rings. The summed E-state index contributed by atoms with van der Waals surface area (Å²) in [4.78, 5) is 15.8. The van der Waals surface area contributed by atoms with Gasteiger partial charge < -0.3 is 14.5 Å². The number of ether oxygens (including phenoxy) is 2. The van der Waals surface area contributed by atoms with Crippen LogP contribution in [0.2, 0.25) is 0 Å². The van der Waals surface area contributed by atoms with Gasteiger partial charge in [-0.05, 0) is 17.7 Å². The van der Waals surface area contributed by atoms with Gasteiger partial charge in [-0.2, -0.15) is 0 Å². The predicted molar refractivity (Wildman–Crippen MR) is 95.8 cm³/mol. The number of aromatic amines is 1. The highest BCUT2D eigenvalue weighted by Gasteiger charge is 2.35. The Hall–Kier alpha value is -2.79. The SMILES string of the molecule is COC(=O)C1Cc2c([nH]c3ccccc23)C(c2ccccc2OC)N1. The number of hydrogen-bond donors (Lipinski definition) is 2. The van der Waals surface area contributed by atoms with Crippen LogP contribution in [0.5, 0.6) is 5.75 Å². The monoisotopic (exact) mass is 336 g/mol. The zero-order valence-electron chi connectivity index (χ0n) is 14.2. The first-order valence-electron chi connectivity index (χ1n) is 8.29. The van der Waals surface area contributed by atoms with Crippen molar-refractivity contribution < 1.29 is 14.3 Å². The maximum absolute atomic E-state index is 12.2. The van der Waals surface area contributed by atoms with E-state index in [9.17, 15) is 4.79 Å². The van der Waals surface area contributed by atoms with E-state index < -0.39 is 6.04 Å². The van der Waals surface area contributed by atoms with Crippen molar-refractivity contribution >= 4 is 16.9 Å². The van der Waals surface area contributed by atoms with Crippen LogP contribution in [-0.2, 0) is 16.0 Å². The Morgan fingerprint density at radius 2 is 1.84 bits per heavy atom. The summed E-state index contributed by atoms with van der Waals surface area (Å²) in [5.74, 6) is 0.533. The molecule has 2 unspecified atom stereocenters. The van der Waals surface area contributed by atoms with Crippen LogP contribution in [0.15, 0.2) is 48.5 Å². The summed E-state index contributed by atoms with van der Waals surface area (Å²) < 4.78 is 10.5. The van der Waals surface area contributed by atoms with Gasteiger partial charge in [0.15, 0.2) is 0 Å². The molecule has 0 bridgehead atoms. The van der Waals surface area contributed by atoms with Gasteiger partial charge in [0.2, 0.25) is 0 Å². The molecule has 0 fully saturated rings. The number of fused-ring (bicyclic) bond motifs is 3.